The standard InChI is InChI=1S/C15H15FN2O3/c1-10(14-5-3-4-6-15(14)16)17-11-7-12(18(19)20)9-13(8-11)21-2/h3-10,17H,1-2H3. The molecule has 0 spiro atoms. The molecule has 0 aliphatic carbocycles. The van der Waals surface area contributed by atoms with Crippen LogP contribution in [0.2, 0.25) is 0 Å². The van der Waals surface area contributed by atoms with Crippen molar-refractivity contribution in [1.82, 2.24) is 0 Å². The Morgan fingerprint density at radius 1 is 1.29 bits per heavy atom. The molecule has 1 unspecified atom stereocenters. The van der Waals surface area contributed by atoms with E-state index in [2.05, 4.69) is 5.32 Å². The first-order valence-corrected chi connectivity index (χ1v) is 6.35. The second-order valence-corrected chi connectivity index (χ2v) is 4.56. The van der Waals surface area contributed by atoms with E-state index in [1.54, 1.807) is 31.2 Å². The molecule has 0 saturated heterocycles. The first-order chi connectivity index (χ1) is 10.0. The molecule has 0 aliphatic heterocycles. The largest absolute Gasteiger partial charge is 0.496 e. The van der Waals surface area contributed by atoms with Gasteiger partial charge in [-0.15, -0.1) is 0 Å². The fourth-order valence-electron chi connectivity index (χ4n) is 2.04. The summed E-state index contributed by atoms with van der Waals surface area (Å²) in [5.41, 5.74) is 0.900. The van der Waals surface area contributed by atoms with E-state index < -0.39 is 4.92 Å². The molecule has 2 rings (SSSR count). The maximum Gasteiger partial charge on any atom is 0.275 e. The number of anilines is 1. The quantitative estimate of drug-likeness (QED) is 0.669. The number of benzene rings is 2. The van der Waals surface area contributed by atoms with Crippen molar-refractivity contribution in [3.63, 3.8) is 0 Å². The summed E-state index contributed by atoms with van der Waals surface area (Å²) < 4.78 is 18.8. The molecular weight excluding hydrogens is 275 g/mol. The maximum atomic E-state index is 13.7. The zero-order chi connectivity index (χ0) is 15.4. The highest BCUT2D eigenvalue weighted by atomic mass is 19.1. The molecule has 2 aromatic carbocycles. The van der Waals surface area contributed by atoms with Crippen molar-refractivity contribution in [2.75, 3.05) is 12.4 Å². The van der Waals surface area contributed by atoms with Crippen LogP contribution in [-0.4, -0.2) is 12.0 Å². The molecule has 2 aromatic rings. The lowest BCUT2D eigenvalue weighted by atomic mass is 10.1. The van der Waals surface area contributed by atoms with Crippen molar-refractivity contribution >= 4 is 11.4 Å². The van der Waals surface area contributed by atoms with E-state index in [1.165, 1.54) is 25.3 Å². The first-order valence-electron chi connectivity index (χ1n) is 6.35. The van der Waals surface area contributed by atoms with Crippen LogP contribution in [-0.2, 0) is 0 Å². The molecule has 110 valence electrons. The molecule has 0 fully saturated rings. The Bertz CT molecular complexity index is 661. The highest BCUT2D eigenvalue weighted by molar-refractivity contribution is 5.57. The van der Waals surface area contributed by atoms with E-state index >= 15 is 0 Å². The Kier molecular flexibility index (Phi) is 4.37. The van der Waals surface area contributed by atoms with Gasteiger partial charge in [0.2, 0.25) is 0 Å². The number of rotatable bonds is 5. The van der Waals surface area contributed by atoms with Gasteiger partial charge in [-0.1, -0.05) is 18.2 Å². The minimum atomic E-state index is -0.499. The number of nitro benzene ring substituents is 1. The van der Waals surface area contributed by atoms with E-state index in [0.29, 0.717) is 17.0 Å². The summed E-state index contributed by atoms with van der Waals surface area (Å²) in [5, 5.41) is 13.9. The molecule has 6 heteroatoms. The topological polar surface area (TPSA) is 64.4 Å². The van der Waals surface area contributed by atoms with Crippen molar-refractivity contribution in [3.05, 3.63) is 64.0 Å². The number of hydrogen-bond donors (Lipinski definition) is 1. The average Bonchev–Trinajstić information content (AvgIpc) is 2.47. The highest BCUT2D eigenvalue weighted by Gasteiger charge is 2.14. The van der Waals surface area contributed by atoms with Crippen LogP contribution in [0.15, 0.2) is 42.5 Å². The number of nitro groups is 1. The number of halogens is 1. The minimum absolute atomic E-state index is 0.0856. The lowest BCUT2D eigenvalue weighted by Crippen LogP contribution is -2.08. The zero-order valence-corrected chi connectivity index (χ0v) is 11.7. The highest BCUT2D eigenvalue weighted by Crippen LogP contribution is 2.29. The molecule has 0 saturated carbocycles. The van der Waals surface area contributed by atoms with Gasteiger partial charge in [-0.2, -0.15) is 0 Å². The lowest BCUT2D eigenvalue weighted by Gasteiger charge is -2.16. The van der Waals surface area contributed by atoms with Crippen molar-refractivity contribution < 1.29 is 14.1 Å². The molecule has 0 radical (unpaired) electrons. The van der Waals surface area contributed by atoms with Crippen molar-refractivity contribution in [1.29, 1.82) is 0 Å². The van der Waals surface area contributed by atoms with Crippen LogP contribution < -0.4 is 10.1 Å². The Balaban J connectivity index is 2.28. The predicted molar refractivity (Wildman–Crippen MR) is 78.1 cm³/mol. The second kappa shape index (κ2) is 6.21. The van der Waals surface area contributed by atoms with Crippen LogP contribution in [0.5, 0.6) is 5.75 Å². The van der Waals surface area contributed by atoms with Crippen molar-refractivity contribution in [3.8, 4) is 5.75 Å². The van der Waals surface area contributed by atoms with Gasteiger partial charge >= 0.3 is 0 Å². The van der Waals surface area contributed by atoms with E-state index in [9.17, 15) is 14.5 Å². The van der Waals surface area contributed by atoms with Crippen LogP contribution in [0.3, 0.4) is 0 Å². The normalized spacial score (nSPS) is 11.8. The fraction of sp³-hybridized carbons (Fsp3) is 0.200. The third-order valence-corrected chi connectivity index (χ3v) is 3.09. The Labute approximate surface area is 121 Å². The van der Waals surface area contributed by atoms with Gasteiger partial charge in [-0.25, -0.2) is 4.39 Å². The van der Waals surface area contributed by atoms with Gasteiger partial charge in [0.05, 0.1) is 24.1 Å². The second-order valence-electron chi connectivity index (χ2n) is 4.56. The number of hydrogen-bond acceptors (Lipinski definition) is 4. The summed E-state index contributed by atoms with van der Waals surface area (Å²) in [5.74, 6) is 0.0438. The lowest BCUT2D eigenvalue weighted by molar-refractivity contribution is -0.384. The smallest absolute Gasteiger partial charge is 0.275 e. The summed E-state index contributed by atoms with van der Waals surface area (Å²) in [7, 11) is 1.43. The Morgan fingerprint density at radius 2 is 2.00 bits per heavy atom. The Hall–Kier alpha value is -2.63. The molecule has 0 amide bonds. The SMILES string of the molecule is COc1cc(NC(C)c2ccccc2F)cc([N+](=O)[O-])c1. The molecule has 1 N–H and O–H groups in total. The number of methoxy groups -OCH3 is 1. The summed E-state index contributed by atoms with van der Waals surface area (Å²) in [6.45, 7) is 1.78. The molecule has 1 atom stereocenters. The van der Waals surface area contributed by atoms with Crippen LogP contribution in [0, 0.1) is 15.9 Å². The van der Waals surface area contributed by atoms with Gasteiger partial charge < -0.3 is 10.1 Å². The van der Waals surface area contributed by atoms with Gasteiger partial charge in [0, 0.05) is 23.4 Å². The van der Waals surface area contributed by atoms with Crippen LogP contribution in [0.25, 0.3) is 0 Å². The summed E-state index contributed by atoms with van der Waals surface area (Å²) in [4.78, 5) is 10.4. The molecule has 5 nitrogen and oxygen atoms in total. The Morgan fingerprint density at radius 3 is 2.62 bits per heavy atom. The molecule has 0 heterocycles. The van der Waals surface area contributed by atoms with E-state index in [1.807, 2.05) is 0 Å². The van der Waals surface area contributed by atoms with Crippen LogP contribution in [0.1, 0.15) is 18.5 Å². The summed E-state index contributed by atoms with van der Waals surface area (Å²) in [6, 6.07) is 10.4. The van der Waals surface area contributed by atoms with Gasteiger partial charge in [-0.3, -0.25) is 10.1 Å². The summed E-state index contributed by atoms with van der Waals surface area (Å²) >= 11 is 0. The minimum Gasteiger partial charge on any atom is -0.496 e. The van der Waals surface area contributed by atoms with Crippen LogP contribution in [0.4, 0.5) is 15.8 Å². The van der Waals surface area contributed by atoms with E-state index in [-0.39, 0.29) is 17.5 Å². The van der Waals surface area contributed by atoms with Crippen LogP contribution >= 0.6 is 0 Å². The van der Waals surface area contributed by atoms with Crippen molar-refractivity contribution in [2.45, 2.75) is 13.0 Å². The first kappa shape index (κ1) is 14.8. The zero-order valence-electron chi connectivity index (χ0n) is 11.7. The maximum absolute atomic E-state index is 13.7. The van der Waals surface area contributed by atoms with Crippen molar-refractivity contribution in [2.24, 2.45) is 0 Å². The van der Waals surface area contributed by atoms with E-state index in [4.69, 9.17) is 4.74 Å². The summed E-state index contributed by atoms with van der Waals surface area (Å²) in [6.07, 6.45) is 0. The molecular formula is C15H15FN2O3. The predicted octanol–water partition coefficient (Wildman–Crippen LogP) is 3.92. The average molecular weight is 290 g/mol. The number of ether oxygens (including phenoxy) is 1. The van der Waals surface area contributed by atoms with E-state index in [0.717, 1.165) is 0 Å². The molecule has 0 bridgehead atoms. The molecule has 0 aliphatic rings. The van der Waals surface area contributed by atoms with Gasteiger partial charge in [0.1, 0.15) is 11.6 Å². The third kappa shape index (κ3) is 3.47. The fourth-order valence-corrected chi connectivity index (χ4v) is 2.04. The van der Waals surface area contributed by atoms with Gasteiger partial charge in [0.15, 0.2) is 0 Å². The van der Waals surface area contributed by atoms with Gasteiger partial charge in [-0.05, 0) is 13.0 Å². The molecule has 21 heavy (non-hydrogen) atoms. The molecule has 0 aromatic heterocycles. The third-order valence-electron chi connectivity index (χ3n) is 3.09. The monoisotopic (exact) mass is 290 g/mol. The number of non-ortho nitro benzene ring substituents is 1. The van der Waals surface area contributed by atoms with Gasteiger partial charge in [0.25, 0.3) is 5.69 Å². The number of nitrogens with zero attached hydrogens (tertiary/aromatic N) is 1. The number of nitrogens with one attached hydrogen (secondary N) is 1.